The summed E-state index contributed by atoms with van der Waals surface area (Å²) in [5, 5.41) is 4.03. The van der Waals surface area contributed by atoms with Crippen molar-refractivity contribution in [3.63, 3.8) is 0 Å². The lowest BCUT2D eigenvalue weighted by Gasteiger charge is -2.37. The lowest BCUT2D eigenvalue weighted by Crippen LogP contribution is -2.49. The summed E-state index contributed by atoms with van der Waals surface area (Å²) < 4.78 is 10.3. The third-order valence-electron chi connectivity index (χ3n) is 3.72. The highest BCUT2D eigenvalue weighted by molar-refractivity contribution is 6.31. The van der Waals surface area contributed by atoms with E-state index in [1.807, 2.05) is 29.2 Å². The number of nitrogens with zero attached hydrogens (tertiary/aromatic N) is 1. The van der Waals surface area contributed by atoms with Crippen LogP contribution in [-0.2, 0) is 14.3 Å². The van der Waals surface area contributed by atoms with Crippen LogP contribution in [0.25, 0.3) is 0 Å². The summed E-state index contributed by atoms with van der Waals surface area (Å²) in [6, 6.07) is 7.68. The Morgan fingerprint density at radius 3 is 2.87 bits per heavy atom. The van der Waals surface area contributed by atoms with Gasteiger partial charge in [0.05, 0.1) is 32.3 Å². The molecule has 23 heavy (non-hydrogen) atoms. The third-order valence-corrected chi connectivity index (χ3v) is 4.06. The van der Waals surface area contributed by atoms with E-state index in [2.05, 4.69) is 5.32 Å². The second-order valence-corrected chi connectivity index (χ2v) is 5.59. The minimum Gasteiger partial charge on any atom is -0.382 e. The minimum atomic E-state index is -0.0195. The Balaban J connectivity index is 0.00000264. The van der Waals surface area contributed by atoms with Crippen molar-refractivity contribution in [2.45, 2.75) is 12.5 Å². The fourth-order valence-corrected chi connectivity index (χ4v) is 2.84. The average Bonchev–Trinajstić information content (AvgIpc) is 2.55. The Bertz CT molecular complexity index is 488. The van der Waals surface area contributed by atoms with Gasteiger partial charge in [0.1, 0.15) is 0 Å². The van der Waals surface area contributed by atoms with Crippen molar-refractivity contribution in [1.82, 2.24) is 10.2 Å². The topological polar surface area (TPSA) is 50.8 Å². The molecule has 0 aliphatic carbocycles. The molecule has 1 aromatic carbocycles. The zero-order valence-corrected chi connectivity index (χ0v) is 14.9. The van der Waals surface area contributed by atoms with Crippen LogP contribution in [0.3, 0.4) is 0 Å². The van der Waals surface area contributed by atoms with Crippen molar-refractivity contribution in [3.8, 4) is 0 Å². The normalized spacial score (nSPS) is 17.7. The summed E-state index contributed by atoms with van der Waals surface area (Å²) >= 11 is 6.28. The number of carbonyl (C=O) groups is 1. The fourth-order valence-electron chi connectivity index (χ4n) is 2.57. The summed E-state index contributed by atoms with van der Waals surface area (Å²) in [5.41, 5.74) is 0.991. The van der Waals surface area contributed by atoms with E-state index in [0.717, 1.165) is 18.7 Å². The molecule has 1 unspecified atom stereocenters. The van der Waals surface area contributed by atoms with Gasteiger partial charge in [-0.15, -0.1) is 12.4 Å². The molecule has 0 aromatic heterocycles. The van der Waals surface area contributed by atoms with E-state index < -0.39 is 0 Å². The van der Waals surface area contributed by atoms with Crippen LogP contribution in [0.15, 0.2) is 24.3 Å². The monoisotopic (exact) mass is 362 g/mol. The van der Waals surface area contributed by atoms with E-state index in [1.165, 1.54) is 0 Å². The van der Waals surface area contributed by atoms with Crippen molar-refractivity contribution in [2.75, 3.05) is 46.6 Å². The predicted octanol–water partition coefficient (Wildman–Crippen LogP) is 2.29. The number of rotatable bonds is 7. The van der Waals surface area contributed by atoms with E-state index in [9.17, 15) is 4.79 Å². The van der Waals surface area contributed by atoms with Gasteiger partial charge in [-0.05, 0) is 11.6 Å². The smallest absolute Gasteiger partial charge is 0.225 e. The highest BCUT2D eigenvalue weighted by Crippen LogP contribution is 2.28. The number of methoxy groups -OCH3 is 1. The molecule has 1 atom stereocenters. The molecule has 1 fully saturated rings. The van der Waals surface area contributed by atoms with E-state index in [4.69, 9.17) is 21.1 Å². The van der Waals surface area contributed by atoms with Gasteiger partial charge in [-0.1, -0.05) is 29.8 Å². The summed E-state index contributed by atoms with van der Waals surface area (Å²) in [7, 11) is 1.63. The van der Waals surface area contributed by atoms with Crippen molar-refractivity contribution in [2.24, 2.45) is 0 Å². The van der Waals surface area contributed by atoms with Crippen LogP contribution in [-0.4, -0.2) is 57.4 Å². The molecule has 0 bridgehead atoms. The maximum atomic E-state index is 12.5. The van der Waals surface area contributed by atoms with Crippen LogP contribution in [0.4, 0.5) is 0 Å². The highest BCUT2D eigenvalue weighted by atomic mass is 35.5. The van der Waals surface area contributed by atoms with E-state index in [0.29, 0.717) is 37.8 Å². The maximum absolute atomic E-state index is 12.5. The molecule has 2 rings (SSSR count). The predicted molar refractivity (Wildman–Crippen MR) is 93.3 cm³/mol. The van der Waals surface area contributed by atoms with Crippen molar-refractivity contribution >= 4 is 29.9 Å². The standard InChI is InChI=1S/C16H23ClN2O3.ClH/c1-21-10-11-22-9-6-16(20)19-8-7-18-12-15(19)13-4-2-3-5-14(13)17;/h2-5,15,18H,6-12H2,1H3;1H. The number of hydrogen-bond acceptors (Lipinski definition) is 4. The molecule has 1 saturated heterocycles. The van der Waals surface area contributed by atoms with Crippen LogP contribution < -0.4 is 5.32 Å². The van der Waals surface area contributed by atoms with Gasteiger partial charge in [0.15, 0.2) is 0 Å². The molecule has 1 aromatic rings. The number of carbonyl (C=O) groups excluding carboxylic acids is 1. The first kappa shape index (κ1) is 20.2. The van der Waals surface area contributed by atoms with E-state index in [1.54, 1.807) is 7.11 Å². The zero-order chi connectivity index (χ0) is 15.8. The average molecular weight is 363 g/mol. The summed E-state index contributed by atoms with van der Waals surface area (Å²) in [4.78, 5) is 14.4. The molecule has 1 aliphatic rings. The molecule has 130 valence electrons. The second-order valence-electron chi connectivity index (χ2n) is 5.18. The molecule has 0 spiro atoms. The lowest BCUT2D eigenvalue weighted by atomic mass is 10.0. The quantitative estimate of drug-likeness (QED) is 0.756. The van der Waals surface area contributed by atoms with Gasteiger partial charge < -0.3 is 19.7 Å². The Morgan fingerprint density at radius 2 is 2.13 bits per heavy atom. The Kier molecular flexibility index (Phi) is 9.52. The molecule has 5 nitrogen and oxygen atoms in total. The van der Waals surface area contributed by atoms with Crippen LogP contribution in [0, 0.1) is 0 Å². The number of piperazine rings is 1. The minimum absolute atomic E-state index is 0. The highest BCUT2D eigenvalue weighted by Gasteiger charge is 2.28. The number of halogens is 2. The van der Waals surface area contributed by atoms with Gasteiger partial charge in [0.25, 0.3) is 0 Å². The summed E-state index contributed by atoms with van der Waals surface area (Å²) in [5.74, 6) is 0.101. The van der Waals surface area contributed by atoms with Crippen molar-refractivity contribution < 1.29 is 14.3 Å². The van der Waals surface area contributed by atoms with E-state index >= 15 is 0 Å². The molecule has 1 amide bonds. The number of hydrogen-bond donors (Lipinski definition) is 1. The molecule has 7 heteroatoms. The molecular weight excluding hydrogens is 339 g/mol. The fraction of sp³-hybridized carbons (Fsp3) is 0.562. The van der Waals surface area contributed by atoms with Crippen LogP contribution in [0.2, 0.25) is 5.02 Å². The second kappa shape index (κ2) is 10.8. The Hall–Kier alpha value is -0.850. The Labute approximate surface area is 148 Å². The molecule has 1 aliphatic heterocycles. The van der Waals surface area contributed by atoms with Crippen LogP contribution >= 0.6 is 24.0 Å². The first-order valence-electron chi connectivity index (χ1n) is 7.55. The van der Waals surface area contributed by atoms with Crippen LogP contribution in [0.1, 0.15) is 18.0 Å². The number of nitrogens with one attached hydrogen (secondary N) is 1. The number of ether oxygens (including phenoxy) is 2. The Morgan fingerprint density at radius 1 is 1.35 bits per heavy atom. The van der Waals surface area contributed by atoms with Crippen molar-refractivity contribution in [3.05, 3.63) is 34.9 Å². The molecule has 0 saturated carbocycles. The SMILES string of the molecule is COCCOCCC(=O)N1CCNCC1c1ccccc1Cl.Cl. The number of amides is 1. The third kappa shape index (κ3) is 5.94. The van der Waals surface area contributed by atoms with Crippen molar-refractivity contribution in [1.29, 1.82) is 0 Å². The van der Waals surface area contributed by atoms with Gasteiger partial charge in [-0.3, -0.25) is 4.79 Å². The van der Waals surface area contributed by atoms with Gasteiger partial charge in [0.2, 0.25) is 5.91 Å². The largest absolute Gasteiger partial charge is 0.382 e. The van der Waals surface area contributed by atoms with Gasteiger partial charge in [-0.25, -0.2) is 0 Å². The molecule has 0 radical (unpaired) electrons. The first-order valence-corrected chi connectivity index (χ1v) is 7.93. The number of benzene rings is 1. The van der Waals surface area contributed by atoms with Gasteiger partial charge >= 0.3 is 0 Å². The first-order chi connectivity index (χ1) is 10.7. The summed E-state index contributed by atoms with van der Waals surface area (Å²) in [6.07, 6.45) is 0.380. The lowest BCUT2D eigenvalue weighted by molar-refractivity contribution is -0.135. The zero-order valence-electron chi connectivity index (χ0n) is 13.3. The summed E-state index contributed by atoms with van der Waals surface area (Å²) in [6.45, 7) is 3.69. The van der Waals surface area contributed by atoms with Crippen LogP contribution in [0.5, 0.6) is 0 Å². The van der Waals surface area contributed by atoms with Gasteiger partial charge in [-0.2, -0.15) is 0 Å². The van der Waals surface area contributed by atoms with E-state index in [-0.39, 0.29) is 24.4 Å². The molecule has 1 heterocycles. The molecular formula is C16H24Cl2N2O3. The van der Waals surface area contributed by atoms with Gasteiger partial charge in [0, 0.05) is 31.8 Å². The maximum Gasteiger partial charge on any atom is 0.225 e. The molecule has 1 N–H and O–H groups in total.